The summed E-state index contributed by atoms with van der Waals surface area (Å²) >= 11 is 0. The molecule has 1 aliphatic heterocycles. The second kappa shape index (κ2) is 6.70. The molecule has 0 radical (unpaired) electrons. The van der Waals surface area contributed by atoms with Gasteiger partial charge in [-0.15, -0.1) is 0 Å². The number of hydrogen-bond acceptors (Lipinski definition) is 6. The Kier molecular flexibility index (Phi) is 3.90. The monoisotopic (exact) mass is 371 g/mol. The molecular formula is C21H17N5O2. The van der Waals surface area contributed by atoms with Crippen molar-refractivity contribution < 1.29 is 9.15 Å². The molecule has 7 heteroatoms. The summed E-state index contributed by atoms with van der Waals surface area (Å²) in [5, 5.41) is 4.31. The second-order valence-corrected chi connectivity index (χ2v) is 6.33. The van der Waals surface area contributed by atoms with Gasteiger partial charge in [0.25, 0.3) is 0 Å². The first-order valence-electron chi connectivity index (χ1n) is 8.84. The molecule has 1 aromatic carbocycles. The fourth-order valence-corrected chi connectivity index (χ4v) is 3.34. The Balaban J connectivity index is 1.61. The van der Waals surface area contributed by atoms with Crippen LogP contribution in [0.2, 0.25) is 0 Å². The lowest BCUT2D eigenvalue weighted by atomic mass is 10.1. The van der Waals surface area contributed by atoms with Crippen LogP contribution in [0.15, 0.2) is 70.9 Å². The van der Waals surface area contributed by atoms with E-state index in [1.165, 1.54) is 6.33 Å². The van der Waals surface area contributed by atoms with Crippen LogP contribution in [0.4, 0.5) is 11.5 Å². The molecule has 4 aromatic rings. The van der Waals surface area contributed by atoms with E-state index in [2.05, 4.69) is 25.3 Å². The summed E-state index contributed by atoms with van der Waals surface area (Å²) < 4.78 is 10.7. The zero-order valence-electron chi connectivity index (χ0n) is 15.1. The van der Waals surface area contributed by atoms with Gasteiger partial charge in [0.2, 0.25) is 0 Å². The molecule has 0 atom stereocenters. The third-order valence-corrected chi connectivity index (χ3v) is 4.70. The molecule has 0 unspecified atom stereocenters. The highest BCUT2D eigenvalue weighted by Gasteiger charge is 2.17. The van der Waals surface area contributed by atoms with E-state index < -0.39 is 0 Å². The minimum absolute atomic E-state index is 0.687. The fraction of sp³-hybridized carbons (Fsp3) is 0.0952. The third-order valence-electron chi connectivity index (χ3n) is 4.70. The Morgan fingerprint density at radius 2 is 2.14 bits per heavy atom. The number of methoxy groups -OCH3 is 1. The molecule has 28 heavy (non-hydrogen) atoms. The van der Waals surface area contributed by atoms with Crippen molar-refractivity contribution in [1.82, 2.24) is 15.0 Å². The average Bonchev–Trinajstić information content (AvgIpc) is 3.49. The largest absolute Gasteiger partial charge is 0.495 e. The normalized spacial score (nSPS) is 13.1. The van der Waals surface area contributed by atoms with Crippen molar-refractivity contribution in [2.45, 2.75) is 0 Å². The van der Waals surface area contributed by atoms with E-state index >= 15 is 0 Å². The van der Waals surface area contributed by atoms with Crippen LogP contribution in [0.1, 0.15) is 5.56 Å². The number of anilines is 2. The summed E-state index contributed by atoms with van der Waals surface area (Å²) in [5.41, 5.74) is 5.45. The first-order valence-corrected chi connectivity index (χ1v) is 8.84. The Morgan fingerprint density at radius 1 is 1.18 bits per heavy atom. The number of nitrogens with one attached hydrogen (secondary N) is 2. The van der Waals surface area contributed by atoms with Gasteiger partial charge in [-0.25, -0.2) is 9.97 Å². The number of allylic oxidation sites excluding steroid dienone is 1. The van der Waals surface area contributed by atoms with Crippen molar-refractivity contribution in [3.05, 3.63) is 67.0 Å². The summed E-state index contributed by atoms with van der Waals surface area (Å²) in [6.45, 7) is 0.693. The molecule has 0 spiro atoms. The molecule has 7 nitrogen and oxygen atoms in total. The van der Waals surface area contributed by atoms with Gasteiger partial charge in [0, 0.05) is 17.3 Å². The van der Waals surface area contributed by atoms with Gasteiger partial charge in [-0.2, -0.15) is 0 Å². The van der Waals surface area contributed by atoms with Crippen molar-refractivity contribution in [1.29, 1.82) is 0 Å². The lowest BCUT2D eigenvalue weighted by molar-refractivity contribution is 0.417. The quantitative estimate of drug-likeness (QED) is 0.545. The predicted molar refractivity (Wildman–Crippen MR) is 108 cm³/mol. The molecule has 5 rings (SSSR count). The number of furan rings is 1. The number of benzene rings is 1. The van der Waals surface area contributed by atoms with E-state index in [0.717, 1.165) is 39.1 Å². The molecule has 1 aliphatic rings. The molecular weight excluding hydrogens is 354 g/mol. The number of ether oxygens (including phenoxy) is 1. The number of fused-ring (bicyclic) bond motifs is 1. The third kappa shape index (κ3) is 2.73. The number of aliphatic imine (C=N–C) groups is 1. The van der Waals surface area contributed by atoms with Crippen LogP contribution in [0, 0.1) is 0 Å². The second-order valence-electron chi connectivity index (χ2n) is 6.33. The Bertz CT molecular complexity index is 1210. The summed E-state index contributed by atoms with van der Waals surface area (Å²) in [5.74, 6) is 1.40. The van der Waals surface area contributed by atoms with Gasteiger partial charge in [-0.05, 0) is 29.8 Å². The van der Waals surface area contributed by atoms with E-state index in [9.17, 15) is 0 Å². The van der Waals surface area contributed by atoms with Crippen molar-refractivity contribution in [3.8, 4) is 16.9 Å². The maximum absolute atomic E-state index is 5.54. The molecule has 3 aromatic heterocycles. The van der Waals surface area contributed by atoms with Crippen LogP contribution in [0.25, 0.3) is 22.2 Å². The molecule has 0 bridgehead atoms. The van der Waals surface area contributed by atoms with Gasteiger partial charge < -0.3 is 19.5 Å². The summed E-state index contributed by atoms with van der Waals surface area (Å²) in [4.78, 5) is 16.6. The van der Waals surface area contributed by atoms with Gasteiger partial charge in [0.05, 0.1) is 43.0 Å². The van der Waals surface area contributed by atoms with Crippen molar-refractivity contribution >= 4 is 28.3 Å². The number of hydrogen-bond donors (Lipinski definition) is 2. The highest BCUT2D eigenvalue weighted by molar-refractivity contribution is 6.19. The summed E-state index contributed by atoms with van der Waals surface area (Å²) in [6.07, 6.45) is 10.9. The lowest BCUT2D eigenvalue weighted by Crippen LogP contribution is -2.01. The lowest BCUT2D eigenvalue weighted by Gasteiger charge is -2.13. The smallest absolute Gasteiger partial charge is 0.144 e. The Labute approximate surface area is 160 Å². The van der Waals surface area contributed by atoms with Gasteiger partial charge in [-0.1, -0.05) is 12.1 Å². The molecule has 0 saturated carbocycles. The number of nitrogens with zero attached hydrogens (tertiary/aromatic N) is 3. The van der Waals surface area contributed by atoms with Gasteiger partial charge in [0.1, 0.15) is 23.5 Å². The predicted octanol–water partition coefficient (Wildman–Crippen LogP) is 4.33. The van der Waals surface area contributed by atoms with E-state index in [4.69, 9.17) is 9.15 Å². The topological polar surface area (TPSA) is 88.3 Å². The van der Waals surface area contributed by atoms with E-state index in [1.54, 1.807) is 19.6 Å². The fourth-order valence-electron chi connectivity index (χ4n) is 3.34. The molecule has 0 saturated heterocycles. The molecule has 0 aliphatic carbocycles. The SMILES string of the molecule is COc1ccc(-c2ccoc2)cc1Nc1ncnc2[nH]cc(C3=NCC=C3)c12. The molecule has 4 heterocycles. The van der Waals surface area contributed by atoms with Gasteiger partial charge >= 0.3 is 0 Å². The van der Waals surface area contributed by atoms with Crippen molar-refractivity contribution in [3.63, 3.8) is 0 Å². The standard InChI is InChI=1S/C21H17N5O2/c1-27-18-5-4-13(14-6-8-28-11-14)9-17(18)26-21-19-15(16-3-2-7-22-16)10-23-20(19)24-12-25-21/h2-6,8-12H,7H2,1H3,(H2,23,24,25,26). The highest BCUT2D eigenvalue weighted by atomic mass is 16.5. The molecule has 138 valence electrons. The number of H-pyrrole nitrogens is 1. The maximum atomic E-state index is 5.54. The summed E-state index contributed by atoms with van der Waals surface area (Å²) in [6, 6.07) is 7.84. The van der Waals surface area contributed by atoms with Crippen LogP contribution in [-0.2, 0) is 0 Å². The van der Waals surface area contributed by atoms with Crippen molar-refractivity contribution in [2.24, 2.45) is 4.99 Å². The Hall–Kier alpha value is -3.87. The van der Waals surface area contributed by atoms with Crippen molar-refractivity contribution in [2.75, 3.05) is 19.0 Å². The van der Waals surface area contributed by atoms with Crippen LogP contribution in [0.5, 0.6) is 5.75 Å². The molecule has 2 N–H and O–H groups in total. The zero-order chi connectivity index (χ0) is 18.9. The average molecular weight is 371 g/mol. The zero-order valence-corrected chi connectivity index (χ0v) is 15.1. The number of aromatic nitrogens is 3. The van der Waals surface area contributed by atoms with Crippen LogP contribution < -0.4 is 10.1 Å². The van der Waals surface area contributed by atoms with Crippen LogP contribution in [0.3, 0.4) is 0 Å². The minimum Gasteiger partial charge on any atom is -0.495 e. The Morgan fingerprint density at radius 3 is 2.93 bits per heavy atom. The number of aromatic amines is 1. The first-order chi connectivity index (χ1) is 13.8. The molecule has 0 amide bonds. The number of rotatable bonds is 5. The van der Waals surface area contributed by atoms with Crippen LogP contribution >= 0.6 is 0 Å². The minimum atomic E-state index is 0.687. The van der Waals surface area contributed by atoms with E-state index in [1.807, 2.05) is 42.6 Å². The summed E-state index contributed by atoms with van der Waals surface area (Å²) in [7, 11) is 1.65. The van der Waals surface area contributed by atoms with Crippen LogP contribution in [-0.4, -0.2) is 34.3 Å². The van der Waals surface area contributed by atoms with E-state index in [-0.39, 0.29) is 0 Å². The van der Waals surface area contributed by atoms with Gasteiger partial charge in [0.15, 0.2) is 0 Å². The molecule has 0 fully saturated rings. The first kappa shape index (κ1) is 16.3. The van der Waals surface area contributed by atoms with Gasteiger partial charge in [-0.3, -0.25) is 4.99 Å². The maximum Gasteiger partial charge on any atom is 0.144 e. The highest BCUT2D eigenvalue weighted by Crippen LogP contribution is 2.35. The van der Waals surface area contributed by atoms with E-state index in [0.29, 0.717) is 18.1 Å².